The molecule has 9 heteroatoms. The highest BCUT2D eigenvalue weighted by Crippen LogP contribution is 2.25. The minimum absolute atomic E-state index is 0.0236. The summed E-state index contributed by atoms with van der Waals surface area (Å²) in [6, 6.07) is 14.0. The molecule has 180 valence electrons. The Morgan fingerprint density at radius 2 is 1.53 bits per heavy atom. The van der Waals surface area contributed by atoms with Gasteiger partial charge in [0.15, 0.2) is 6.17 Å². The van der Waals surface area contributed by atoms with Crippen molar-refractivity contribution in [2.75, 3.05) is 20.2 Å². The van der Waals surface area contributed by atoms with Gasteiger partial charge in [0.1, 0.15) is 5.75 Å². The van der Waals surface area contributed by atoms with Crippen LogP contribution >= 0.6 is 15.9 Å². The monoisotopic (exact) mass is 528 g/mol. The maximum Gasteiger partial charge on any atom is 0.264 e. The average molecular weight is 529 g/mol. The third-order valence-electron chi connectivity index (χ3n) is 6.43. The molecule has 2 fully saturated rings. The SMILES string of the molecule is COc1cccc(C(=O)N2CCN(C(=O)c3cccc(Br)c3)C2C(=O)NC2CCC(N)CC2)c1. The number of carbonyl (C=O) groups excluding carboxylic acids is 3. The van der Waals surface area contributed by atoms with Crippen LogP contribution in [0.4, 0.5) is 0 Å². The van der Waals surface area contributed by atoms with Crippen molar-refractivity contribution in [1.29, 1.82) is 0 Å². The quantitative estimate of drug-likeness (QED) is 0.620. The summed E-state index contributed by atoms with van der Waals surface area (Å²) in [6.07, 6.45) is 2.19. The smallest absolute Gasteiger partial charge is 0.264 e. The van der Waals surface area contributed by atoms with Crippen LogP contribution in [0.25, 0.3) is 0 Å². The van der Waals surface area contributed by atoms with Gasteiger partial charge in [0, 0.05) is 40.8 Å². The molecular formula is C25H29BrN4O4. The van der Waals surface area contributed by atoms with Gasteiger partial charge in [-0.25, -0.2) is 0 Å². The number of halogens is 1. The Kier molecular flexibility index (Phi) is 7.53. The van der Waals surface area contributed by atoms with E-state index in [1.807, 2.05) is 6.07 Å². The second-order valence-corrected chi connectivity index (χ2v) is 9.65. The van der Waals surface area contributed by atoms with E-state index in [0.29, 0.717) is 16.9 Å². The van der Waals surface area contributed by atoms with E-state index in [1.165, 1.54) is 16.9 Å². The molecule has 34 heavy (non-hydrogen) atoms. The minimum Gasteiger partial charge on any atom is -0.497 e. The fourth-order valence-corrected chi connectivity index (χ4v) is 4.98. The molecule has 2 aromatic rings. The summed E-state index contributed by atoms with van der Waals surface area (Å²) in [4.78, 5) is 43.3. The number of amides is 3. The molecule has 1 atom stereocenters. The lowest BCUT2D eigenvalue weighted by Gasteiger charge is -2.33. The number of methoxy groups -OCH3 is 1. The van der Waals surface area contributed by atoms with Gasteiger partial charge in [0.05, 0.1) is 7.11 Å². The molecule has 1 unspecified atom stereocenters. The molecule has 1 aliphatic heterocycles. The van der Waals surface area contributed by atoms with Crippen LogP contribution in [0.5, 0.6) is 5.75 Å². The molecule has 2 aliphatic rings. The van der Waals surface area contributed by atoms with Gasteiger partial charge < -0.3 is 25.6 Å². The highest BCUT2D eigenvalue weighted by Gasteiger charge is 2.43. The third kappa shape index (κ3) is 5.26. The Hall–Kier alpha value is -2.91. The molecule has 0 bridgehead atoms. The van der Waals surface area contributed by atoms with Crippen molar-refractivity contribution in [3.05, 3.63) is 64.1 Å². The number of hydrogen-bond donors (Lipinski definition) is 2. The summed E-state index contributed by atoms with van der Waals surface area (Å²) < 4.78 is 6.02. The van der Waals surface area contributed by atoms with Crippen molar-refractivity contribution in [2.24, 2.45) is 5.73 Å². The predicted molar refractivity (Wildman–Crippen MR) is 131 cm³/mol. The number of benzene rings is 2. The van der Waals surface area contributed by atoms with E-state index in [4.69, 9.17) is 10.5 Å². The second kappa shape index (κ2) is 10.6. The number of carbonyl (C=O) groups is 3. The highest BCUT2D eigenvalue weighted by molar-refractivity contribution is 9.10. The summed E-state index contributed by atoms with van der Waals surface area (Å²) in [7, 11) is 1.53. The molecule has 0 radical (unpaired) electrons. The first-order valence-corrected chi connectivity index (χ1v) is 12.2. The fourth-order valence-electron chi connectivity index (χ4n) is 4.59. The topological polar surface area (TPSA) is 105 Å². The van der Waals surface area contributed by atoms with Gasteiger partial charge in [-0.15, -0.1) is 0 Å². The third-order valence-corrected chi connectivity index (χ3v) is 6.93. The Morgan fingerprint density at radius 3 is 2.12 bits per heavy atom. The molecular weight excluding hydrogens is 500 g/mol. The maximum atomic E-state index is 13.5. The highest BCUT2D eigenvalue weighted by atomic mass is 79.9. The van der Waals surface area contributed by atoms with Gasteiger partial charge in [-0.05, 0) is 62.1 Å². The van der Waals surface area contributed by atoms with Crippen LogP contribution in [0.2, 0.25) is 0 Å². The van der Waals surface area contributed by atoms with Crippen LogP contribution in [0.15, 0.2) is 53.0 Å². The van der Waals surface area contributed by atoms with E-state index in [9.17, 15) is 14.4 Å². The molecule has 1 saturated carbocycles. The molecule has 3 amide bonds. The van der Waals surface area contributed by atoms with E-state index in [2.05, 4.69) is 21.2 Å². The summed E-state index contributed by atoms with van der Waals surface area (Å²) in [5.74, 6) is -0.424. The number of rotatable bonds is 5. The van der Waals surface area contributed by atoms with Crippen molar-refractivity contribution in [3.8, 4) is 5.75 Å². The predicted octanol–water partition coefficient (Wildman–Crippen LogP) is 2.77. The molecule has 4 rings (SSSR count). The van der Waals surface area contributed by atoms with Crippen LogP contribution in [-0.4, -0.2) is 66.0 Å². The molecule has 3 N–H and O–H groups in total. The van der Waals surface area contributed by atoms with E-state index in [0.717, 1.165) is 30.2 Å². The van der Waals surface area contributed by atoms with Gasteiger partial charge >= 0.3 is 0 Å². The Morgan fingerprint density at radius 1 is 0.941 bits per heavy atom. The average Bonchev–Trinajstić information content (AvgIpc) is 3.30. The van der Waals surface area contributed by atoms with E-state index in [-0.39, 0.29) is 42.9 Å². The minimum atomic E-state index is -1.04. The Balaban J connectivity index is 1.61. The largest absolute Gasteiger partial charge is 0.497 e. The van der Waals surface area contributed by atoms with Gasteiger partial charge in [-0.3, -0.25) is 14.4 Å². The first-order chi connectivity index (χ1) is 16.4. The molecule has 2 aromatic carbocycles. The number of hydrogen-bond acceptors (Lipinski definition) is 5. The van der Waals surface area contributed by atoms with Gasteiger partial charge in [-0.2, -0.15) is 0 Å². The summed E-state index contributed by atoms with van der Waals surface area (Å²) >= 11 is 3.40. The zero-order valence-corrected chi connectivity index (χ0v) is 20.7. The summed E-state index contributed by atoms with van der Waals surface area (Å²) in [5, 5.41) is 3.07. The standard InChI is InChI=1S/C25H29BrN4O4/c1-34-21-7-3-5-17(15-21)25(33)30-13-12-29(24(32)16-4-2-6-18(26)14-16)23(30)22(31)28-20-10-8-19(27)9-11-20/h2-7,14-15,19-20,23H,8-13,27H2,1H3,(H,28,31). The van der Waals surface area contributed by atoms with Crippen molar-refractivity contribution >= 4 is 33.7 Å². The van der Waals surface area contributed by atoms with Crippen molar-refractivity contribution < 1.29 is 19.1 Å². The zero-order chi connectivity index (χ0) is 24.2. The lowest BCUT2D eigenvalue weighted by Crippen LogP contribution is -2.56. The van der Waals surface area contributed by atoms with Crippen LogP contribution in [-0.2, 0) is 4.79 Å². The molecule has 1 heterocycles. The first-order valence-electron chi connectivity index (χ1n) is 11.4. The lowest BCUT2D eigenvalue weighted by atomic mass is 9.92. The Bertz CT molecular complexity index is 1070. The van der Waals surface area contributed by atoms with Crippen LogP contribution in [0.3, 0.4) is 0 Å². The second-order valence-electron chi connectivity index (χ2n) is 8.73. The van der Waals surface area contributed by atoms with E-state index >= 15 is 0 Å². The molecule has 0 spiro atoms. The fraction of sp³-hybridized carbons (Fsp3) is 0.400. The molecule has 8 nitrogen and oxygen atoms in total. The maximum absolute atomic E-state index is 13.5. The van der Waals surface area contributed by atoms with E-state index in [1.54, 1.807) is 42.5 Å². The van der Waals surface area contributed by atoms with Crippen LogP contribution < -0.4 is 15.8 Å². The normalized spacial score (nSPS) is 22.4. The molecule has 1 saturated heterocycles. The lowest BCUT2D eigenvalue weighted by molar-refractivity contribution is -0.129. The van der Waals surface area contributed by atoms with Crippen molar-refractivity contribution in [1.82, 2.24) is 15.1 Å². The van der Waals surface area contributed by atoms with Gasteiger partial charge in [0.2, 0.25) is 0 Å². The van der Waals surface area contributed by atoms with E-state index < -0.39 is 6.17 Å². The Labute approximate surface area is 207 Å². The molecule has 1 aliphatic carbocycles. The number of nitrogens with two attached hydrogens (primary N) is 1. The molecule has 0 aromatic heterocycles. The summed E-state index contributed by atoms with van der Waals surface area (Å²) in [5.41, 5.74) is 6.86. The number of ether oxygens (including phenoxy) is 1. The van der Waals surface area contributed by atoms with Crippen LogP contribution in [0.1, 0.15) is 46.4 Å². The first kappa shape index (κ1) is 24.2. The number of nitrogens with zero attached hydrogens (tertiary/aromatic N) is 2. The number of nitrogens with one attached hydrogen (secondary N) is 1. The summed E-state index contributed by atoms with van der Waals surface area (Å²) in [6.45, 7) is 0.512. The van der Waals surface area contributed by atoms with Crippen molar-refractivity contribution in [2.45, 2.75) is 43.9 Å². The van der Waals surface area contributed by atoms with Gasteiger partial charge in [-0.1, -0.05) is 28.1 Å². The van der Waals surface area contributed by atoms with Gasteiger partial charge in [0.25, 0.3) is 17.7 Å². The van der Waals surface area contributed by atoms with Crippen LogP contribution in [0, 0.1) is 0 Å². The van der Waals surface area contributed by atoms with Crippen molar-refractivity contribution in [3.63, 3.8) is 0 Å². The zero-order valence-electron chi connectivity index (χ0n) is 19.1.